The lowest BCUT2D eigenvalue weighted by molar-refractivity contribution is 0.340. The van der Waals surface area contributed by atoms with E-state index in [1.807, 2.05) is 13.8 Å². The minimum atomic E-state index is 0.669. The second kappa shape index (κ2) is 7.54. The molecule has 2 unspecified atom stereocenters. The number of hydrogen-bond donors (Lipinski definition) is 0. The Hall–Kier alpha value is -1.96. The van der Waals surface area contributed by atoms with E-state index in [4.69, 9.17) is 9.47 Å². The van der Waals surface area contributed by atoms with Gasteiger partial charge in [-0.1, -0.05) is 24.3 Å². The van der Waals surface area contributed by atoms with Crippen LogP contribution in [0.1, 0.15) is 56.1 Å². The van der Waals surface area contributed by atoms with Gasteiger partial charge < -0.3 is 9.47 Å². The zero-order valence-electron chi connectivity index (χ0n) is 14.1. The van der Waals surface area contributed by atoms with Crippen LogP contribution < -0.4 is 9.47 Å². The van der Waals surface area contributed by atoms with Gasteiger partial charge in [-0.05, 0) is 80.3 Å². The normalized spacial score (nSPS) is 20.4. The summed E-state index contributed by atoms with van der Waals surface area (Å²) < 4.78 is 11.1. The molecule has 0 saturated heterocycles. The molecular weight excluding hydrogens is 284 g/mol. The molecule has 0 radical (unpaired) electrons. The molecule has 1 aliphatic carbocycles. The fourth-order valence-electron chi connectivity index (χ4n) is 3.59. The number of hydrogen-bond acceptors (Lipinski definition) is 2. The van der Waals surface area contributed by atoms with Crippen molar-refractivity contribution >= 4 is 0 Å². The van der Waals surface area contributed by atoms with Crippen LogP contribution in [0, 0.1) is 0 Å². The predicted molar refractivity (Wildman–Crippen MR) is 94.6 cm³/mol. The van der Waals surface area contributed by atoms with Gasteiger partial charge in [-0.3, -0.25) is 0 Å². The molecule has 2 heteroatoms. The SMILES string of the molecule is CCOc1ccc(C2CCC(c3ccc(OCC)cc3)C2)cc1. The van der Waals surface area contributed by atoms with Gasteiger partial charge in [-0.2, -0.15) is 0 Å². The third-order valence-corrected chi connectivity index (χ3v) is 4.76. The average molecular weight is 310 g/mol. The van der Waals surface area contributed by atoms with Gasteiger partial charge in [0.05, 0.1) is 13.2 Å². The molecule has 0 amide bonds. The fourth-order valence-corrected chi connectivity index (χ4v) is 3.59. The fraction of sp³-hybridized carbons (Fsp3) is 0.429. The Bertz CT molecular complexity index is 545. The molecule has 1 saturated carbocycles. The van der Waals surface area contributed by atoms with Crippen molar-refractivity contribution in [2.75, 3.05) is 13.2 Å². The maximum atomic E-state index is 5.53. The summed E-state index contributed by atoms with van der Waals surface area (Å²) in [4.78, 5) is 0. The van der Waals surface area contributed by atoms with Crippen LogP contribution in [0.15, 0.2) is 48.5 Å². The summed E-state index contributed by atoms with van der Waals surface area (Å²) >= 11 is 0. The Morgan fingerprint density at radius 2 is 1.09 bits per heavy atom. The average Bonchev–Trinajstić information content (AvgIpc) is 3.07. The van der Waals surface area contributed by atoms with Gasteiger partial charge in [0, 0.05) is 0 Å². The lowest BCUT2D eigenvalue weighted by Crippen LogP contribution is -1.97. The van der Waals surface area contributed by atoms with Crippen LogP contribution in [0.2, 0.25) is 0 Å². The second-order valence-electron chi connectivity index (χ2n) is 6.21. The smallest absolute Gasteiger partial charge is 0.119 e. The molecule has 23 heavy (non-hydrogen) atoms. The molecule has 3 rings (SSSR count). The summed E-state index contributed by atoms with van der Waals surface area (Å²) in [7, 11) is 0. The highest BCUT2D eigenvalue weighted by Crippen LogP contribution is 2.44. The summed E-state index contributed by atoms with van der Waals surface area (Å²) in [6, 6.07) is 17.3. The van der Waals surface area contributed by atoms with Crippen molar-refractivity contribution in [3.63, 3.8) is 0 Å². The zero-order valence-corrected chi connectivity index (χ0v) is 14.1. The third-order valence-electron chi connectivity index (χ3n) is 4.76. The maximum Gasteiger partial charge on any atom is 0.119 e. The molecule has 1 aliphatic rings. The molecule has 2 nitrogen and oxygen atoms in total. The number of rotatable bonds is 6. The lowest BCUT2D eigenvalue weighted by Gasteiger charge is -2.13. The second-order valence-corrected chi connectivity index (χ2v) is 6.21. The summed E-state index contributed by atoms with van der Waals surface area (Å²) in [5.41, 5.74) is 2.89. The van der Waals surface area contributed by atoms with Crippen molar-refractivity contribution in [1.82, 2.24) is 0 Å². The Labute approximate surface area is 139 Å². The molecule has 2 atom stereocenters. The van der Waals surface area contributed by atoms with Crippen LogP contribution in [-0.4, -0.2) is 13.2 Å². The Balaban J connectivity index is 1.63. The summed E-state index contributed by atoms with van der Waals surface area (Å²) in [6.07, 6.45) is 3.78. The summed E-state index contributed by atoms with van der Waals surface area (Å²) in [6.45, 7) is 5.49. The van der Waals surface area contributed by atoms with Crippen molar-refractivity contribution in [1.29, 1.82) is 0 Å². The molecule has 0 N–H and O–H groups in total. The van der Waals surface area contributed by atoms with E-state index in [1.54, 1.807) is 0 Å². The highest BCUT2D eigenvalue weighted by Gasteiger charge is 2.26. The number of benzene rings is 2. The van der Waals surface area contributed by atoms with Gasteiger partial charge in [0.1, 0.15) is 11.5 Å². The van der Waals surface area contributed by atoms with Crippen LogP contribution in [0.4, 0.5) is 0 Å². The van der Waals surface area contributed by atoms with Gasteiger partial charge in [0.25, 0.3) is 0 Å². The van der Waals surface area contributed by atoms with Crippen LogP contribution in [0.5, 0.6) is 11.5 Å². The lowest BCUT2D eigenvalue weighted by atomic mass is 9.93. The standard InChI is InChI=1S/C21H26O2/c1-3-22-20-11-7-16(8-12-20)18-5-6-19(15-18)17-9-13-21(14-10-17)23-4-2/h7-14,18-19H,3-6,15H2,1-2H3. The maximum absolute atomic E-state index is 5.53. The van der Waals surface area contributed by atoms with Crippen LogP contribution >= 0.6 is 0 Å². The Morgan fingerprint density at radius 3 is 1.43 bits per heavy atom. The molecule has 122 valence electrons. The highest BCUT2D eigenvalue weighted by molar-refractivity contribution is 5.33. The summed E-state index contributed by atoms with van der Waals surface area (Å²) in [5, 5.41) is 0. The van der Waals surface area contributed by atoms with Crippen LogP contribution in [0.25, 0.3) is 0 Å². The van der Waals surface area contributed by atoms with Gasteiger partial charge >= 0.3 is 0 Å². The van der Waals surface area contributed by atoms with Gasteiger partial charge in [0.2, 0.25) is 0 Å². The topological polar surface area (TPSA) is 18.5 Å². The van der Waals surface area contributed by atoms with E-state index in [2.05, 4.69) is 48.5 Å². The molecular formula is C21H26O2. The van der Waals surface area contributed by atoms with Gasteiger partial charge in [0.15, 0.2) is 0 Å². The predicted octanol–water partition coefficient (Wildman–Crippen LogP) is 5.54. The van der Waals surface area contributed by atoms with E-state index >= 15 is 0 Å². The molecule has 0 aliphatic heterocycles. The Morgan fingerprint density at radius 1 is 0.696 bits per heavy atom. The van der Waals surface area contributed by atoms with E-state index in [-0.39, 0.29) is 0 Å². The van der Waals surface area contributed by atoms with Gasteiger partial charge in [-0.25, -0.2) is 0 Å². The first kappa shape index (κ1) is 15.9. The molecule has 0 aromatic heterocycles. The first-order chi connectivity index (χ1) is 11.3. The first-order valence-corrected chi connectivity index (χ1v) is 8.75. The molecule has 0 spiro atoms. The van der Waals surface area contributed by atoms with Gasteiger partial charge in [-0.15, -0.1) is 0 Å². The largest absolute Gasteiger partial charge is 0.494 e. The van der Waals surface area contributed by atoms with E-state index in [0.29, 0.717) is 11.8 Å². The molecule has 2 aromatic carbocycles. The summed E-state index contributed by atoms with van der Waals surface area (Å²) in [5.74, 6) is 3.28. The third kappa shape index (κ3) is 3.87. The van der Waals surface area contributed by atoms with E-state index < -0.39 is 0 Å². The van der Waals surface area contributed by atoms with E-state index in [1.165, 1.54) is 30.4 Å². The highest BCUT2D eigenvalue weighted by atomic mass is 16.5. The van der Waals surface area contributed by atoms with E-state index in [0.717, 1.165) is 24.7 Å². The minimum absolute atomic E-state index is 0.669. The molecule has 0 heterocycles. The van der Waals surface area contributed by atoms with Crippen molar-refractivity contribution in [3.8, 4) is 11.5 Å². The number of ether oxygens (including phenoxy) is 2. The van der Waals surface area contributed by atoms with E-state index in [9.17, 15) is 0 Å². The quantitative estimate of drug-likeness (QED) is 0.698. The van der Waals surface area contributed by atoms with Crippen molar-refractivity contribution in [2.24, 2.45) is 0 Å². The molecule has 2 aromatic rings. The van der Waals surface area contributed by atoms with Crippen molar-refractivity contribution in [2.45, 2.75) is 44.9 Å². The zero-order chi connectivity index (χ0) is 16.1. The molecule has 1 fully saturated rings. The Kier molecular flexibility index (Phi) is 5.22. The van der Waals surface area contributed by atoms with Crippen LogP contribution in [-0.2, 0) is 0 Å². The monoisotopic (exact) mass is 310 g/mol. The van der Waals surface area contributed by atoms with Crippen molar-refractivity contribution in [3.05, 3.63) is 59.7 Å². The van der Waals surface area contributed by atoms with Crippen LogP contribution in [0.3, 0.4) is 0 Å². The molecule has 0 bridgehead atoms. The first-order valence-electron chi connectivity index (χ1n) is 8.75. The van der Waals surface area contributed by atoms with Crippen molar-refractivity contribution < 1.29 is 9.47 Å². The minimum Gasteiger partial charge on any atom is -0.494 e.